The van der Waals surface area contributed by atoms with Gasteiger partial charge in [0.2, 0.25) is 0 Å². The van der Waals surface area contributed by atoms with E-state index in [9.17, 15) is 0 Å². The van der Waals surface area contributed by atoms with Crippen LogP contribution in [0.15, 0.2) is 54.6 Å². The first-order chi connectivity index (χ1) is 8.78. The molecule has 0 unspecified atom stereocenters. The van der Waals surface area contributed by atoms with Gasteiger partial charge in [-0.25, -0.2) is 0 Å². The smallest absolute Gasteiger partial charge is 0.118 e. The lowest BCUT2D eigenvalue weighted by atomic mass is 10.1. The minimum absolute atomic E-state index is 0.766. The van der Waals surface area contributed by atoms with E-state index >= 15 is 0 Å². The molecule has 2 aromatic rings. The fourth-order valence-electron chi connectivity index (χ4n) is 1.67. The number of methoxy groups -OCH3 is 1. The molecule has 2 aromatic carbocycles. The average molecular weight is 259 g/mol. The van der Waals surface area contributed by atoms with Gasteiger partial charge < -0.3 is 4.74 Å². The third kappa shape index (κ3) is 3.64. The molecule has 18 heavy (non-hydrogen) atoms. The molecule has 0 heterocycles. The molecule has 92 valence electrons. The Labute approximate surface area is 113 Å². The lowest BCUT2D eigenvalue weighted by Crippen LogP contribution is -1.84. The lowest BCUT2D eigenvalue weighted by molar-refractivity contribution is 0.414. The highest BCUT2D eigenvalue weighted by Crippen LogP contribution is 2.13. The minimum Gasteiger partial charge on any atom is -0.497 e. The Morgan fingerprint density at radius 3 is 2.28 bits per heavy atom. The third-order valence-corrected chi connectivity index (χ3v) is 2.94. The van der Waals surface area contributed by atoms with Crippen molar-refractivity contribution < 1.29 is 4.74 Å². The fourth-order valence-corrected chi connectivity index (χ4v) is 1.79. The van der Waals surface area contributed by atoms with Gasteiger partial charge in [-0.05, 0) is 41.8 Å². The Kier molecular flexibility index (Phi) is 4.43. The predicted molar refractivity (Wildman–Crippen MR) is 77.2 cm³/mol. The number of benzene rings is 2. The third-order valence-electron chi connectivity index (χ3n) is 2.69. The molecule has 0 aromatic heterocycles. The molecule has 0 aliphatic carbocycles. The van der Waals surface area contributed by atoms with Gasteiger partial charge in [-0.15, -0.1) is 0 Å². The summed E-state index contributed by atoms with van der Waals surface area (Å²) in [6.45, 7) is 0. The van der Waals surface area contributed by atoms with Crippen LogP contribution in [0.5, 0.6) is 5.75 Å². The molecule has 0 fully saturated rings. The van der Waals surface area contributed by atoms with Crippen molar-refractivity contribution in [3.05, 3.63) is 70.8 Å². The van der Waals surface area contributed by atoms with E-state index in [2.05, 4.69) is 24.3 Å². The normalized spacial score (nSPS) is 10.8. The first kappa shape index (κ1) is 12.7. The number of halogens is 1. The molecule has 2 rings (SSSR count). The Morgan fingerprint density at radius 2 is 1.67 bits per heavy atom. The first-order valence-electron chi connectivity index (χ1n) is 5.83. The Balaban J connectivity index is 1.95. The van der Waals surface area contributed by atoms with Crippen LogP contribution in [0.3, 0.4) is 0 Å². The van der Waals surface area contributed by atoms with Crippen LogP contribution in [0, 0.1) is 0 Å². The van der Waals surface area contributed by atoms with E-state index in [1.165, 1.54) is 5.56 Å². The van der Waals surface area contributed by atoms with Gasteiger partial charge >= 0.3 is 0 Å². The van der Waals surface area contributed by atoms with Gasteiger partial charge in [0.15, 0.2) is 0 Å². The van der Waals surface area contributed by atoms with Crippen molar-refractivity contribution in [3.8, 4) is 5.75 Å². The molecule has 0 N–H and O–H groups in total. The van der Waals surface area contributed by atoms with Gasteiger partial charge in [0.1, 0.15) is 5.75 Å². The molecular weight excluding hydrogens is 244 g/mol. The standard InChI is InChI=1S/C16H15ClO/c1-18-16-11-7-14(8-12-16)4-2-3-13-5-9-15(17)10-6-13/h2-3,5-12H,4H2,1H3/b3-2+. The van der Waals surface area contributed by atoms with Gasteiger partial charge in [0, 0.05) is 5.02 Å². The second-order valence-corrected chi connectivity index (χ2v) is 4.44. The summed E-state index contributed by atoms with van der Waals surface area (Å²) < 4.78 is 5.12. The van der Waals surface area contributed by atoms with Crippen molar-refractivity contribution >= 4 is 17.7 Å². The van der Waals surface area contributed by atoms with Crippen LogP contribution in [0.2, 0.25) is 5.02 Å². The zero-order valence-electron chi connectivity index (χ0n) is 10.3. The van der Waals surface area contributed by atoms with E-state index in [0.717, 1.165) is 22.8 Å². The predicted octanol–water partition coefficient (Wildman–Crippen LogP) is 4.60. The van der Waals surface area contributed by atoms with Crippen LogP contribution in [0.4, 0.5) is 0 Å². The van der Waals surface area contributed by atoms with E-state index in [1.807, 2.05) is 36.4 Å². The molecule has 0 bridgehead atoms. The summed E-state index contributed by atoms with van der Waals surface area (Å²) >= 11 is 5.83. The quantitative estimate of drug-likeness (QED) is 0.779. The van der Waals surface area contributed by atoms with Crippen LogP contribution >= 0.6 is 11.6 Å². The van der Waals surface area contributed by atoms with Crippen molar-refractivity contribution in [2.24, 2.45) is 0 Å². The van der Waals surface area contributed by atoms with Gasteiger partial charge in [-0.3, -0.25) is 0 Å². The SMILES string of the molecule is COc1ccc(C/C=C/c2ccc(Cl)cc2)cc1. The fraction of sp³-hybridized carbons (Fsp3) is 0.125. The zero-order chi connectivity index (χ0) is 12.8. The van der Waals surface area contributed by atoms with Crippen LogP contribution in [0.25, 0.3) is 6.08 Å². The van der Waals surface area contributed by atoms with E-state index in [4.69, 9.17) is 16.3 Å². The van der Waals surface area contributed by atoms with Crippen molar-refractivity contribution in [1.82, 2.24) is 0 Å². The number of ether oxygens (including phenoxy) is 1. The lowest BCUT2D eigenvalue weighted by Gasteiger charge is -2.00. The van der Waals surface area contributed by atoms with E-state index in [0.29, 0.717) is 0 Å². The maximum absolute atomic E-state index is 5.83. The molecule has 0 aliphatic heterocycles. The summed E-state index contributed by atoms with van der Waals surface area (Å²) in [5.74, 6) is 0.889. The summed E-state index contributed by atoms with van der Waals surface area (Å²) in [6.07, 6.45) is 5.15. The second kappa shape index (κ2) is 6.27. The summed E-state index contributed by atoms with van der Waals surface area (Å²) in [4.78, 5) is 0. The summed E-state index contributed by atoms with van der Waals surface area (Å²) in [7, 11) is 1.68. The van der Waals surface area contributed by atoms with Crippen LogP contribution in [-0.2, 0) is 6.42 Å². The maximum atomic E-state index is 5.83. The highest BCUT2D eigenvalue weighted by molar-refractivity contribution is 6.30. The molecule has 0 saturated heterocycles. The molecule has 2 heteroatoms. The summed E-state index contributed by atoms with van der Waals surface area (Å²) in [5, 5.41) is 0.766. The maximum Gasteiger partial charge on any atom is 0.118 e. The second-order valence-electron chi connectivity index (χ2n) is 4.01. The van der Waals surface area contributed by atoms with E-state index in [1.54, 1.807) is 7.11 Å². The Hall–Kier alpha value is -1.73. The van der Waals surface area contributed by atoms with Gasteiger partial charge in [0.25, 0.3) is 0 Å². The van der Waals surface area contributed by atoms with Crippen molar-refractivity contribution in [1.29, 1.82) is 0 Å². The Bertz CT molecular complexity index is 512. The summed E-state index contributed by atoms with van der Waals surface area (Å²) in [5.41, 5.74) is 2.42. The monoisotopic (exact) mass is 258 g/mol. The van der Waals surface area contributed by atoms with E-state index < -0.39 is 0 Å². The molecule has 0 amide bonds. The Morgan fingerprint density at radius 1 is 1.00 bits per heavy atom. The first-order valence-corrected chi connectivity index (χ1v) is 6.21. The van der Waals surface area contributed by atoms with Crippen molar-refractivity contribution in [3.63, 3.8) is 0 Å². The summed E-state index contributed by atoms with van der Waals surface area (Å²) in [6, 6.07) is 15.9. The van der Waals surface area contributed by atoms with Crippen molar-refractivity contribution in [2.45, 2.75) is 6.42 Å². The van der Waals surface area contributed by atoms with E-state index in [-0.39, 0.29) is 0 Å². The average Bonchev–Trinajstić information content (AvgIpc) is 2.42. The highest BCUT2D eigenvalue weighted by Gasteiger charge is 1.92. The molecule has 0 aliphatic rings. The number of hydrogen-bond donors (Lipinski definition) is 0. The minimum atomic E-state index is 0.766. The van der Waals surface area contributed by atoms with Gasteiger partial charge in [0.05, 0.1) is 7.11 Å². The largest absolute Gasteiger partial charge is 0.497 e. The molecule has 0 saturated carbocycles. The van der Waals surface area contributed by atoms with Crippen LogP contribution in [-0.4, -0.2) is 7.11 Å². The number of allylic oxidation sites excluding steroid dienone is 1. The van der Waals surface area contributed by atoms with Crippen LogP contribution < -0.4 is 4.74 Å². The molecular formula is C16H15ClO. The van der Waals surface area contributed by atoms with Crippen LogP contribution in [0.1, 0.15) is 11.1 Å². The van der Waals surface area contributed by atoms with Gasteiger partial charge in [-0.1, -0.05) is 48.0 Å². The number of rotatable bonds is 4. The highest BCUT2D eigenvalue weighted by atomic mass is 35.5. The molecule has 0 radical (unpaired) electrons. The topological polar surface area (TPSA) is 9.23 Å². The zero-order valence-corrected chi connectivity index (χ0v) is 11.0. The molecule has 0 spiro atoms. The van der Waals surface area contributed by atoms with Gasteiger partial charge in [-0.2, -0.15) is 0 Å². The van der Waals surface area contributed by atoms with Crippen molar-refractivity contribution in [2.75, 3.05) is 7.11 Å². The molecule has 0 atom stereocenters. The number of hydrogen-bond acceptors (Lipinski definition) is 1. The molecule has 1 nitrogen and oxygen atoms in total.